The third-order valence-corrected chi connectivity index (χ3v) is 4.03. The summed E-state index contributed by atoms with van der Waals surface area (Å²) >= 11 is 10.00. The molecule has 0 atom stereocenters. The molecule has 18 heavy (non-hydrogen) atoms. The average molecular weight is 440 g/mol. The van der Waals surface area contributed by atoms with Crippen LogP contribution in [-0.2, 0) is 6.54 Å². The molecule has 8 heteroatoms. The predicted molar refractivity (Wildman–Crippen MR) is 77.5 cm³/mol. The molecular formula is C10H6Br3N3O2. The Bertz CT molecular complexity index is 612. The minimum absolute atomic E-state index is 0.0614. The first-order valence-electron chi connectivity index (χ1n) is 4.79. The van der Waals surface area contributed by atoms with Gasteiger partial charge in [0.25, 0.3) is 5.69 Å². The van der Waals surface area contributed by atoms with Crippen LogP contribution in [0.1, 0.15) is 5.56 Å². The zero-order valence-electron chi connectivity index (χ0n) is 8.81. The smallest absolute Gasteiger partial charge is 0.258 e. The number of nitro groups is 1. The lowest BCUT2D eigenvalue weighted by Crippen LogP contribution is -2.03. The van der Waals surface area contributed by atoms with Gasteiger partial charge >= 0.3 is 0 Å². The van der Waals surface area contributed by atoms with E-state index in [0.29, 0.717) is 11.0 Å². The van der Waals surface area contributed by atoms with Crippen molar-refractivity contribution in [3.63, 3.8) is 0 Å². The van der Waals surface area contributed by atoms with Crippen LogP contribution < -0.4 is 0 Å². The first kappa shape index (κ1) is 13.7. The van der Waals surface area contributed by atoms with E-state index < -0.39 is 4.92 Å². The molecule has 2 rings (SSSR count). The summed E-state index contributed by atoms with van der Waals surface area (Å²) in [5.41, 5.74) is 0.975. The van der Waals surface area contributed by atoms with Crippen molar-refractivity contribution in [2.24, 2.45) is 0 Å². The molecule has 0 saturated carbocycles. The van der Waals surface area contributed by atoms with Crippen LogP contribution in [-0.4, -0.2) is 14.7 Å². The highest BCUT2D eigenvalue weighted by molar-refractivity contribution is 9.11. The number of hydrogen-bond donors (Lipinski definition) is 0. The van der Waals surface area contributed by atoms with Crippen LogP contribution in [0.5, 0.6) is 0 Å². The maximum absolute atomic E-state index is 10.6. The van der Waals surface area contributed by atoms with Crippen molar-refractivity contribution in [2.75, 3.05) is 0 Å². The molecule has 1 aromatic carbocycles. The number of nitrogens with zero attached hydrogens (tertiary/aromatic N) is 3. The molecule has 0 unspecified atom stereocenters. The van der Waals surface area contributed by atoms with E-state index in [2.05, 4.69) is 52.9 Å². The molecule has 0 radical (unpaired) electrons. The maximum atomic E-state index is 10.6. The van der Waals surface area contributed by atoms with E-state index in [-0.39, 0.29) is 5.69 Å². The van der Waals surface area contributed by atoms with Gasteiger partial charge in [0, 0.05) is 22.7 Å². The Balaban J connectivity index is 2.30. The second-order valence-electron chi connectivity index (χ2n) is 3.48. The molecule has 0 aliphatic rings. The Morgan fingerprint density at radius 2 is 2.00 bits per heavy atom. The number of aromatic nitrogens is 2. The third-order valence-electron chi connectivity index (χ3n) is 2.27. The number of nitro benzene ring substituents is 1. The average Bonchev–Trinajstić information content (AvgIpc) is 2.60. The van der Waals surface area contributed by atoms with Gasteiger partial charge in [-0.2, -0.15) is 5.10 Å². The largest absolute Gasteiger partial charge is 0.270 e. The number of benzene rings is 1. The molecule has 0 N–H and O–H groups in total. The molecule has 0 bridgehead atoms. The number of rotatable bonds is 3. The van der Waals surface area contributed by atoms with Crippen molar-refractivity contribution >= 4 is 53.5 Å². The summed E-state index contributed by atoms with van der Waals surface area (Å²) in [6.07, 6.45) is 0. The zero-order chi connectivity index (χ0) is 13.3. The topological polar surface area (TPSA) is 61.0 Å². The van der Waals surface area contributed by atoms with Gasteiger partial charge in [0.1, 0.15) is 9.21 Å². The van der Waals surface area contributed by atoms with Crippen molar-refractivity contribution < 1.29 is 4.92 Å². The van der Waals surface area contributed by atoms with Gasteiger partial charge in [0.15, 0.2) is 0 Å². The predicted octanol–water partition coefficient (Wildman–Crippen LogP) is 4.13. The summed E-state index contributed by atoms with van der Waals surface area (Å²) in [6, 6.07) is 6.51. The van der Waals surface area contributed by atoms with Gasteiger partial charge in [0.05, 0.1) is 11.5 Å². The fourth-order valence-electron chi connectivity index (χ4n) is 1.41. The normalized spacial score (nSPS) is 10.6. The monoisotopic (exact) mass is 437 g/mol. The molecule has 94 valence electrons. The van der Waals surface area contributed by atoms with Crippen LogP contribution >= 0.6 is 47.8 Å². The Morgan fingerprint density at radius 3 is 2.50 bits per heavy atom. The molecule has 0 spiro atoms. The van der Waals surface area contributed by atoms with E-state index >= 15 is 0 Å². The van der Waals surface area contributed by atoms with Crippen molar-refractivity contribution in [3.8, 4) is 0 Å². The van der Waals surface area contributed by atoms with Crippen LogP contribution in [0.25, 0.3) is 0 Å². The minimum atomic E-state index is -0.422. The van der Waals surface area contributed by atoms with Gasteiger partial charge < -0.3 is 0 Å². The summed E-state index contributed by atoms with van der Waals surface area (Å²) in [6.45, 7) is 0.519. The quantitative estimate of drug-likeness (QED) is 0.533. The van der Waals surface area contributed by atoms with Crippen LogP contribution in [0.4, 0.5) is 5.69 Å². The Morgan fingerprint density at radius 1 is 1.28 bits per heavy atom. The number of halogens is 3. The third kappa shape index (κ3) is 2.99. The standard InChI is InChI=1S/C10H6Br3N3O2/c11-8-3-7(16(17)18)2-1-6(8)5-15-10(13)4-9(12)14-15/h1-4H,5H2. The van der Waals surface area contributed by atoms with Crippen molar-refractivity contribution in [2.45, 2.75) is 6.54 Å². The molecule has 2 aromatic rings. The molecular weight excluding hydrogens is 434 g/mol. The highest BCUT2D eigenvalue weighted by Gasteiger charge is 2.11. The first-order chi connectivity index (χ1) is 8.47. The summed E-state index contributed by atoms with van der Waals surface area (Å²) in [5, 5.41) is 14.9. The highest BCUT2D eigenvalue weighted by atomic mass is 79.9. The molecule has 0 aliphatic carbocycles. The van der Waals surface area contributed by atoms with E-state index in [0.717, 1.165) is 14.8 Å². The number of hydrogen-bond acceptors (Lipinski definition) is 3. The Kier molecular flexibility index (Phi) is 4.18. The molecule has 1 aromatic heterocycles. The second kappa shape index (κ2) is 5.50. The van der Waals surface area contributed by atoms with Gasteiger partial charge in [-0.1, -0.05) is 15.9 Å². The molecule has 0 aliphatic heterocycles. The van der Waals surface area contributed by atoms with Crippen LogP contribution in [0.15, 0.2) is 37.9 Å². The summed E-state index contributed by atoms with van der Waals surface area (Å²) in [7, 11) is 0. The van der Waals surface area contributed by atoms with E-state index in [9.17, 15) is 10.1 Å². The van der Waals surface area contributed by atoms with Gasteiger partial charge in [-0.3, -0.25) is 14.8 Å². The van der Waals surface area contributed by atoms with Crippen molar-refractivity contribution in [1.29, 1.82) is 0 Å². The van der Waals surface area contributed by atoms with E-state index in [1.54, 1.807) is 10.7 Å². The summed E-state index contributed by atoms with van der Waals surface area (Å²) in [4.78, 5) is 10.2. The second-order valence-corrected chi connectivity index (χ2v) is 5.96. The molecule has 0 fully saturated rings. The molecule has 5 nitrogen and oxygen atoms in total. The lowest BCUT2D eigenvalue weighted by Gasteiger charge is -2.06. The summed E-state index contributed by atoms with van der Waals surface area (Å²) < 4.78 is 4.00. The molecule has 1 heterocycles. The fourth-order valence-corrected chi connectivity index (χ4v) is 3.04. The van der Waals surface area contributed by atoms with E-state index in [4.69, 9.17) is 0 Å². The van der Waals surface area contributed by atoms with Gasteiger partial charge in [-0.15, -0.1) is 0 Å². The fraction of sp³-hybridized carbons (Fsp3) is 0.100. The summed E-state index contributed by atoms with van der Waals surface area (Å²) in [5.74, 6) is 0. The lowest BCUT2D eigenvalue weighted by atomic mass is 10.2. The van der Waals surface area contributed by atoms with Crippen LogP contribution in [0, 0.1) is 10.1 Å². The minimum Gasteiger partial charge on any atom is -0.258 e. The molecule has 0 saturated heterocycles. The van der Waals surface area contributed by atoms with Crippen molar-refractivity contribution in [3.05, 3.63) is 53.6 Å². The van der Waals surface area contributed by atoms with E-state index in [1.165, 1.54) is 12.1 Å². The maximum Gasteiger partial charge on any atom is 0.270 e. The van der Waals surface area contributed by atoms with Crippen LogP contribution in [0.2, 0.25) is 0 Å². The molecule has 0 amide bonds. The first-order valence-corrected chi connectivity index (χ1v) is 7.17. The highest BCUT2D eigenvalue weighted by Crippen LogP contribution is 2.25. The van der Waals surface area contributed by atoms with Crippen molar-refractivity contribution in [1.82, 2.24) is 9.78 Å². The number of non-ortho nitro benzene ring substituents is 1. The van der Waals surface area contributed by atoms with Crippen LogP contribution in [0.3, 0.4) is 0 Å². The Labute approximate surface area is 128 Å². The SMILES string of the molecule is O=[N+]([O-])c1ccc(Cn2nc(Br)cc2Br)c(Br)c1. The van der Waals surface area contributed by atoms with E-state index in [1.807, 2.05) is 6.07 Å². The lowest BCUT2D eigenvalue weighted by molar-refractivity contribution is -0.384. The Hall–Kier alpha value is -0.730. The van der Waals surface area contributed by atoms with Gasteiger partial charge in [-0.25, -0.2) is 0 Å². The zero-order valence-corrected chi connectivity index (χ0v) is 13.6. The van der Waals surface area contributed by atoms with Gasteiger partial charge in [0.2, 0.25) is 0 Å². The van der Waals surface area contributed by atoms with Gasteiger partial charge in [-0.05, 0) is 43.5 Å².